The number of carbonyl (C=O) groups is 2. The molecule has 0 aromatic rings. The van der Waals surface area contributed by atoms with E-state index in [2.05, 4.69) is 90.1 Å². The maximum Gasteiger partial charge on any atom is 0.306 e. The van der Waals surface area contributed by atoms with Crippen molar-refractivity contribution in [3.8, 4) is 0 Å². The number of nitrogens with zero attached hydrogens (tertiary/aromatic N) is 2. The Hall–Kier alpha value is -1.22. The van der Waals surface area contributed by atoms with E-state index in [4.69, 9.17) is 9.47 Å². The first-order valence-corrected chi connectivity index (χ1v) is 22.0. The summed E-state index contributed by atoms with van der Waals surface area (Å²) < 4.78 is 12.1. The van der Waals surface area contributed by atoms with Crippen molar-refractivity contribution in [3.05, 3.63) is 0 Å². The molecule has 2 heterocycles. The highest BCUT2D eigenvalue weighted by atomic mass is 16.5. The molecule has 0 bridgehead atoms. The van der Waals surface area contributed by atoms with Gasteiger partial charge in [-0.3, -0.25) is 20.4 Å². The Balaban J connectivity index is 1.57. The van der Waals surface area contributed by atoms with Crippen LogP contribution in [0, 0.1) is 0 Å². The fourth-order valence-corrected chi connectivity index (χ4v) is 9.33. The minimum atomic E-state index is -0.0870. The van der Waals surface area contributed by atoms with Crippen molar-refractivity contribution in [1.29, 1.82) is 0 Å². The minimum Gasteiger partial charge on any atom is -0.462 e. The van der Waals surface area contributed by atoms with Crippen molar-refractivity contribution in [2.75, 3.05) is 13.1 Å². The van der Waals surface area contributed by atoms with E-state index in [0.717, 1.165) is 77.3 Å². The summed E-state index contributed by atoms with van der Waals surface area (Å²) in [6.07, 6.45) is 25.8. The Morgan fingerprint density at radius 3 is 1.04 bits per heavy atom. The van der Waals surface area contributed by atoms with Crippen molar-refractivity contribution in [3.63, 3.8) is 0 Å². The van der Waals surface area contributed by atoms with Gasteiger partial charge in [0, 0.05) is 73.8 Å². The second-order valence-corrected chi connectivity index (χ2v) is 18.9. The highest BCUT2D eigenvalue weighted by Crippen LogP contribution is 2.39. The lowest BCUT2D eigenvalue weighted by atomic mass is 9.79. The first-order valence-electron chi connectivity index (χ1n) is 22.0. The van der Waals surface area contributed by atoms with E-state index in [-0.39, 0.29) is 46.3 Å². The predicted molar refractivity (Wildman–Crippen MR) is 218 cm³/mol. The smallest absolute Gasteiger partial charge is 0.306 e. The SMILES string of the molecule is CCCCCCCCNN1C(C)(C)CC(OC(=O)CCCCCCCCC(=O)OC2CC(C)(C)N(NCCCCCCCC)C(C)(C)C2)CC1(C)C. The first kappa shape index (κ1) is 46.9. The summed E-state index contributed by atoms with van der Waals surface area (Å²) in [5, 5.41) is 4.85. The van der Waals surface area contributed by atoms with Gasteiger partial charge in [-0.2, -0.15) is 0 Å². The molecule has 0 unspecified atom stereocenters. The van der Waals surface area contributed by atoms with Gasteiger partial charge in [0.25, 0.3) is 0 Å². The molecule has 2 saturated heterocycles. The third kappa shape index (κ3) is 17.5. The van der Waals surface area contributed by atoms with Crippen molar-refractivity contribution >= 4 is 11.9 Å². The number of hydrazine groups is 2. The number of ether oxygens (including phenoxy) is 2. The molecule has 2 fully saturated rings. The zero-order chi connectivity index (χ0) is 38.7. The Kier molecular flexibility index (Phi) is 21.3. The number of hydrogen-bond acceptors (Lipinski definition) is 8. The Labute approximate surface area is 322 Å². The van der Waals surface area contributed by atoms with E-state index in [9.17, 15) is 9.59 Å². The molecule has 0 aliphatic carbocycles. The molecule has 0 saturated carbocycles. The highest BCUT2D eigenvalue weighted by Gasteiger charge is 2.47. The van der Waals surface area contributed by atoms with Gasteiger partial charge in [0.05, 0.1) is 0 Å². The van der Waals surface area contributed by atoms with E-state index in [1.165, 1.54) is 77.0 Å². The summed E-state index contributed by atoms with van der Waals surface area (Å²) in [7, 11) is 0. The van der Waals surface area contributed by atoms with Crippen LogP contribution < -0.4 is 10.9 Å². The fourth-order valence-electron chi connectivity index (χ4n) is 9.33. The normalized spacial score (nSPS) is 20.6. The molecular weight excluding hydrogens is 649 g/mol. The minimum absolute atomic E-state index is 0.0411. The van der Waals surface area contributed by atoms with E-state index < -0.39 is 0 Å². The van der Waals surface area contributed by atoms with Gasteiger partial charge in [0.1, 0.15) is 12.2 Å². The van der Waals surface area contributed by atoms with Crippen LogP contribution in [-0.2, 0) is 19.1 Å². The number of piperidine rings is 2. The van der Waals surface area contributed by atoms with E-state index in [1.54, 1.807) is 0 Å². The molecule has 306 valence electrons. The van der Waals surface area contributed by atoms with Crippen LogP contribution in [0.5, 0.6) is 0 Å². The third-order valence-electron chi connectivity index (χ3n) is 11.5. The van der Waals surface area contributed by atoms with Crippen LogP contribution in [0.4, 0.5) is 0 Å². The standard InChI is InChI=1S/C44H86N4O4/c1-11-13-15-17-23-27-31-45-47-41(3,4)33-37(34-42(47,5)6)51-39(49)29-25-21-19-20-22-26-30-40(50)52-38-35-43(7,8)48(44(9,10)36-38)46-32-28-24-18-16-14-12-2/h37-38,45-46H,11-36H2,1-10H3. The molecule has 2 N–H and O–H groups in total. The van der Waals surface area contributed by atoms with Gasteiger partial charge in [-0.25, -0.2) is 10.0 Å². The molecule has 0 aromatic carbocycles. The Morgan fingerprint density at radius 2 is 0.731 bits per heavy atom. The molecule has 0 amide bonds. The predicted octanol–water partition coefficient (Wildman–Crippen LogP) is 11.0. The molecule has 0 spiro atoms. The summed E-state index contributed by atoms with van der Waals surface area (Å²) in [6, 6.07) is 0. The van der Waals surface area contributed by atoms with Gasteiger partial charge < -0.3 is 9.47 Å². The summed E-state index contributed by atoms with van der Waals surface area (Å²) in [6.45, 7) is 24.7. The molecule has 2 aliphatic heterocycles. The van der Waals surface area contributed by atoms with Crippen LogP contribution in [-0.4, -0.2) is 69.4 Å². The maximum absolute atomic E-state index is 12.8. The second kappa shape index (κ2) is 23.6. The zero-order valence-electron chi connectivity index (χ0n) is 36.1. The van der Waals surface area contributed by atoms with Crippen molar-refractivity contribution in [2.45, 2.75) is 258 Å². The lowest BCUT2D eigenvalue weighted by Gasteiger charge is -2.54. The average Bonchev–Trinajstić information content (AvgIpc) is 3.02. The topological polar surface area (TPSA) is 83.1 Å². The average molecular weight is 735 g/mol. The van der Waals surface area contributed by atoms with Crippen LogP contribution >= 0.6 is 0 Å². The second-order valence-electron chi connectivity index (χ2n) is 18.9. The largest absolute Gasteiger partial charge is 0.462 e. The van der Waals surface area contributed by atoms with E-state index in [0.29, 0.717) is 12.8 Å². The summed E-state index contributed by atoms with van der Waals surface area (Å²) in [5.41, 5.74) is 7.13. The maximum atomic E-state index is 12.8. The van der Waals surface area contributed by atoms with Gasteiger partial charge in [0.2, 0.25) is 0 Å². The lowest BCUT2D eigenvalue weighted by Crippen LogP contribution is -2.67. The summed E-state index contributed by atoms with van der Waals surface area (Å²) in [5.74, 6) is -0.114. The Morgan fingerprint density at radius 1 is 0.462 bits per heavy atom. The number of unbranched alkanes of at least 4 members (excludes halogenated alkanes) is 15. The van der Waals surface area contributed by atoms with Gasteiger partial charge >= 0.3 is 11.9 Å². The van der Waals surface area contributed by atoms with E-state index >= 15 is 0 Å². The van der Waals surface area contributed by atoms with Gasteiger partial charge in [-0.15, -0.1) is 0 Å². The number of carbonyl (C=O) groups excluding carboxylic acids is 2. The molecular formula is C44H86N4O4. The number of rotatable bonds is 27. The van der Waals surface area contributed by atoms with Crippen LogP contribution in [0.3, 0.4) is 0 Å². The van der Waals surface area contributed by atoms with E-state index in [1.807, 2.05) is 0 Å². The van der Waals surface area contributed by atoms with Crippen molar-refractivity contribution in [2.24, 2.45) is 0 Å². The molecule has 0 atom stereocenters. The number of esters is 2. The fraction of sp³-hybridized carbons (Fsp3) is 0.955. The molecule has 2 rings (SSSR count). The lowest BCUT2D eigenvalue weighted by molar-refractivity contribution is -0.166. The summed E-state index contributed by atoms with van der Waals surface area (Å²) >= 11 is 0. The van der Waals surface area contributed by atoms with Crippen LogP contribution in [0.2, 0.25) is 0 Å². The molecule has 52 heavy (non-hydrogen) atoms. The summed E-state index contributed by atoms with van der Waals surface area (Å²) in [4.78, 5) is 25.6. The van der Waals surface area contributed by atoms with Gasteiger partial charge in [-0.05, 0) is 81.1 Å². The third-order valence-corrected chi connectivity index (χ3v) is 11.5. The monoisotopic (exact) mass is 735 g/mol. The van der Waals surface area contributed by atoms with Crippen molar-refractivity contribution in [1.82, 2.24) is 20.9 Å². The molecule has 0 aromatic heterocycles. The van der Waals surface area contributed by atoms with Gasteiger partial charge in [0.15, 0.2) is 0 Å². The molecule has 2 aliphatic rings. The van der Waals surface area contributed by atoms with Crippen LogP contribution in [0.25, 0.3) is 0 Å². The van der Waals surface area contributed by atoms with Crippen molar-refractivity contribution < 1.29 is 19.1 Å². The first-order chi connectivity index (χ1) is 24.5. The highest BCUT2D eigenvalue weighted by molar-refractivity contribution is 5.70. The number of hydrogen-bond donors (Lipinski definition) is 2. The zero-order valence-corrected chi connectivity index (χ0v) is 36.1. The quantitative estimate of drug-likeness (QED) is 0.0637. The van der Waals surface area contributed by atoms with Crippen LogP contribution in [0.1, 0.15) is 223 Å². The number of nitrogens with one attached hydrogen (secondary N) is 2. The van der Waals surface area contributed by atoms with Crippen LogP contribution in [0.15, 0.2) is 0 Å². The molecule has 8 nitrogen and oxygen atoms in total. The molecule has 8 heteroatoms. The Bertz CT molecular complexity index is 883. The molecule has 0 radical (unpaired) electrons. The van der Waals surface area contributed by atoms with Gasteiger partial charge in [-0.1, -0.05) is 104 Å².